The molecule has 0 aromatic rings. The first-order valence-corrected chi connectivity index (χ1v) is 5.89. The summed E-state index contributed by atoms with van der Waals surface area (Å²) in [6, 6.07) is 0. The lowest BCUT2D eigenvalue weighted by Crippen LogP contribution is -2.43. The number of rotatable bonds is 4. The van der Waals surface area contributed by atoms with Crippen LogP contribution in [0.25, 0.3) is 0 Å². The van der Waals surface area contributed by atoms with Crippen molar-refractivity contribution < 1.29 is 24.2 Å². The summed E-state index contributed by atoms with van der Waals surface area (Å²) in [5.41, 5.74) is 4.35. The fourth-order valence-electron chi connectivity index (χ4n) is 1.86. The lowest BCUT2D eigenvalue weighted by Gasteiger charge is -2.25. The first-order chi connectivity index (χ1) is 8.49. The van der Waals surface area contributed by atoms with Crippen LogP contribution in [0.3, 0.4) is 0 Å². The van der Waals surface area contributed by atoms with Gasteiger partial charge in [0.05, 0.1) is 12.0 Å². The Morgan fingerprint density at radius 2 is 1.78 bits per heavy atom. The zero-order valence-electron chi connectivity index (χ0n) is 10.3. The summed E-state index contributed by atoms with van der Waals surface area (Å²) >= 11 is 0. The Morgan fingerprint density at radius 3 is 2.28 bits per heavy atom. The van der Waals surface area contributed by atoms with Gasteiger partial charge in [-0.2, -0.15) is 0 Å². The molecule has 1 aliphatic rings. The van der Waals surface area contributed by atoms with Gasteiger partial charge < -0.3 is 9.84 Å². The summed E-state index contributed by atoms with van der Waals surface area (Å²) in [5, 5.41) is 8.82. The highest BCUT2D eigenvalue weighted by molar-refractivity contribution is 5.81. The molecule has 18 heavy (non-hydrogen) atoms. The van der Waals surface area contributed by atoms with Gasteiger partial charge in [-0.25, -0.2) is 0 Å². The molecule has 1 rings (SSSR count). The number of nitrogens with one attached hydrogen (secondary N) is 2. The van der Waals surface area contributed by atoms with Crippen LogP contribution in [0.5, 0.6) is 0 Å². The van der Waals surface area contributed by atoms with E-state index in [1.54, 1.807) is 0 Å². The van der Waals surface area contributed by atoms with Gasteiger partial charge in [0.15, 0.2) is 0 Å². The molecule has 102 valence electrons. The number of carboxylic acid groups (broad SMARTS) is 1. The van der Waals surface area contributed by atoms with Crippen LogP contribution in [0.1, 0.15) is 32.6 Å². The zero-order chi connectivity index (χ0) is 13.5. The van der Waals surface area contributed by atoms with Gasteiger partial charge in [0.2, 0.25) is 5.91 Å². The van der Waals surface area contributed by atoms with E-state index in [9.17, 15) is 14.4 Å². The quantitative estimate of drug-likeness (QED) is 0.606. The lowest BCUT2D eigenvalue weighted by atomic mass is 9.87. The smallest absolute Gasteiger partial charge is 0.306 e. The molecule has 1 aliphatic carbocycles. The van der Waals surface area contributed by atoms with E-state index in [1.165, 1.54) is 6.92 Å². The number of amides is 2. The molecule has 1 saturated carbocycles. The van der Waals surface area contributed by atoms with Crippen molar-refractivity contribution in [3.63, 3.8) is 0 Å². The van der Waals surface area contributed by atoms with Gasteiger partial charge in [0.1, 0.15) is 6.61 Å². The molecule has 0 unspecified atom stereocenters. The fraction of sp³-hybridized carbons (Fsp3) is 0.727. The minimum absolute atomic E-state index is 0.0799. The van der Waals surface area contributed by atoms with Crippen LogP contribution >= 0.6 is 0 Å². The van der Waals surface area contributed by atoms with Gasteiger partial charge in [-0.05, 0) is 25.7 Å². The highest BCUT2D eigenvalue weighted by atomic mass is 16.5. The average Bonchev–Trinajstić information content (AvgIpc) is 2.34. The van der Waals surface area contributed by atoms with Crippen LogP contribution in [0.4, 0.5) is 0 Å². The number of ether oxygens (including phenoxy) is 1. The van der Waals surface area contributed by atoms with Crippen molar-refractivity contribution >= 4 is 17.8 Å². The molecule has 0 radical (unpaired) electrons. The predicted octanol–water partition coefficient (Wildman–Crippen LogP) is -0.186. The Labute approximate surface area is 105 Å². The van der Waals surface area contributed by atoms with Gasteiger partial charge in [0, 0.05) is 6.92 Å². The predicted molar refractivity (Wildman–Crippen MR) is 61.3 cm³/mol. The molecule has 3 N–H and O–H groups in total. The monoisotopic (exact) mass is 258 g/mol. The lowest BCUT2D eigenvalue weighted by molar-refractivity contribution is -0.144. The molecular weight excluding hydrogens is 240 g/mol. The van der Waals surface area contributed by atoms with Crippen LogP contribution in [0.15, 0.2) is 0 Å². The van der Waals surface area contributed by atoms with Gasteiger partial charge in [0.25, 0.3) is 5.91 Å². The van der Waals surface area contributed by atoms with Crippen molar-refractivity contribution in [1.29, 1.82) is 0 Å². The standard InChI is InChI=1S/C11H18N2O5/c1-7(14)12-13-10(15)6-18-9-4-2-8(3-5-9)11(16)17/h8-9H,2-6H2,1H3,(H,12,14)(H,13,15)(H,16,17). The maximum Gasteiger partial charge on any atom is 0.306 e. The Balaban J connectivity index is 2.15. The van der Waals surface area contributed by atoms with Crippen molar-refractivity contribution in [2.24, 2.45) is 5.92 Å². The molecule has 0 aromatic carbocycles. The van der Waals surface area contributed by atoms with E-state index in [1.807, 2.05) is 0 Å². The van der Waals surface area contributed by atoms with Crippen LogP contribution in [0.2, 0.25) is 0 Å². The van der Waals surface area contributed by atoms with Gasteiger partial charge in [-0.1, -0.05) is 0 Å². The number of carboxylic acids is 1. The third-order valence-electron chi connectivity index (χ3n) is 2.85. The molecule has 1 fully saturated rings. The van der Waals surface area contributed by atoms with Gasteiger partial charge in [-0.3, -0.25) is 25.2 Å². The Bertz CT molecular complexity index is 323. The third kappa shape index (κ3) is 5.13. The first-order valence-electron chi connectivity index (χ1n) is 5.89. The molecule has 0 saturated heterocycles. The highest BCUT2D eigenvalue weighted by Crippen LogP contribution is 2.26. The Morgan fingerprint density at radius 1 is 1.17 bits per heavy atom. The van der Waals surface area contributed by atoms with E-state index in [4.69, 9.17) is 9.84 Å². The molecule has 0 bridgehead atoms. The molecular formula is C11H18N2O5. The van der Waals surface area contributed by atoms with E-state index < -0.39 is 11.9 Å². The highest BCUT2D eigenvalue weighted by Gasteiger charge is 2.26. The summed E-state index contributed by atoms with van der Waals surface area (Å²) in [7, 11) is 0. The number of hydrogen-bond acceptors (Lipinski definition) is 4. The third-order valence-corrected chi connectivity index (χ3v) is 2.85. The first kappa shape index (κ1) is 14.4. The van der Waals surface area contributed by atoms with Crippen molar-refractivity contribution in [3.8, 4) is 0 Å². The molecule has 0 heterocycles. The summed E-state index contributed by atoms with van der Waals surface area (Å²) in [4.78, 5) is 32.5. The molecule has 2 amide bonds. The van der Waals surface area contributed by atoms with E-state index in [2.05, 4.69) is 10.9 Å². The van der Waals surface area contributed by atoms with Crippen LogP contribution < -0.4 is 10.9 Å². The van der Waals surface area contributed by atoms with Crippen LogP contribution in [0, 0.1) is 5.92 Å². The zero-order valence-corrected chi connectivity index (χ0v) is 10.3. The topological polar surface area (TPSA) is 105 Å². The SMILES string of the molecule is CC(=O)NNC(=O)COC1CCC(C(=O)O)CC1. The largest absolute Gasteiger partial charge is 0.481 e. The summed E-state index contributed by atoms with van der Waals surface area (Å²) in [6.07, 6.45) is 2.36. The number of carbonyl (C=O) groups excluding carboxylic acids is 2. The summed E-state index contributed by atoms with van der Waals surface area (Å²) in [5.74, 6) is -1.84. The van der Waals surface area contributed by atoms with E-state index in [0.717, 1.165) is 0 Å². The van der Waals surface area contributed by atoms with Gasteiger partial charge in [-0.15, -0.1) is 0 Å². The summed E-state index contributed by atoms with van der Waals surface area (Å²) in [6.45, 7) is 1.15. The second-order valence-corrected chi connectivity index (χ2v) is 4.35. The number of hydrazine groups is 1. The average molecular weight is 258 g/mol. The van der Waals surface area contributed by atoms with E-state index in [0.29, 0.717) is 25.7 Å². The van der Waals surface area contributed by atoms with Crippen molar-refractivity contribution in [2.45, 2.75) is 38.7 Å². The van der Waals surface area contributed by atoms with Crippen molar-refractivity contribution in [2.75, 3.05) is 6.61 Å². The number of aliphatic carboxylic acids is 1. The van der Waals surface area contributed by atoms with Crippen LogP contribution in [-0.4, -0.2) is 35.6 Å². The molecule has 0 spiro atoms. The van der Waals surface area contributed by atoms with Crippen molar-refractivity contribution in [1.82, 2.24) is 10.9 Å². The maximum absolute atomic E-state index is 11.2. The normalized spacial score (nSPS) is 23.2. The summed E-state index contributed by atoms with van der Waals surface area (Å²) < 4.78 is 5.35. The molecule has 0 aliphatic heterocycles. The number of hydrogen-bond donors (Lipinski definition) is 3. The Kier molecular flexibility index (Phi) is 5.57. The maximum atomic E-state index is 11.2. The molecule has 0 aromatic heterocycles. The minimum Gasteiger partial charge on any atom is -0.481 e. The van der Waals surface area contributed by atoms with E-state index >= 15 is 0 Å². The second-order valence-electron chi connectivity index (χ2n) is 4.35. The van der Waals surface area contributed by atoms with Gasteiger partial charge >= 0.3 is 5.97 Å². The second kappa shape index (κ2) is 6.95. The number of carbonyl (C=O) groups is 3. The molecule has 7 nitrogen and oxygen atoms in total. The van der Waals surface area contributed by atoms with E-state index in [-0.39, 0.29) is 24.5 Å². The fourth-order valence-corrected chi connectivity index (χ4v) is 1.86. The molecule has 0 atom stereocenters. The van der Waals surface area contributed by atoms with Crippen LogP contribution in [-0.2, 0) is 19.1 Å². The minimum atomic E-state index is -0.767. The molecule has 7 heteroatoms. The van der Waals surface area contributed by atoms with Crippen molar-refractivity contribution in [3.05, 3.63) is 0 Å². The Hall–Kier alpha value is -1.63.